The van der Waals surface area contributed by atoms with Crippen LogP contribution in [0.4, 0.5) is 4.39 Å². The number of benzene rings is 2. The number of halogens is 2. The minimum Gasteiger partial charge on any atom is -0.350 e. The zero-order chi connectivity index (χ0) is 20.3. The molecule has 1 atom stereocenters. The molecule has 1 aromatic heterocycles. The third-order valence-corrected chi connectivity index (χ3v) is 7.81. The topological polar surface area (TPSA) is 63.2 Å². The normalized spacial score (nSPS) is 12.5. The van der Waals surface area contributed by atoms with Gasteiger partial charge in [0.2, 0.25) is 0 Å². The molecule has 3 aromatic rings. The minimum absolute atomic E-state index is 0.0109. The molecule has 0 aliphatic rings. The molecule has 0 aliphatic carbocycles. The first-order chi connectivity index (χ1) is 13.3. The quantitative estimate of drug-likeness (QED) is 0.564. The summed E-state index contributed by atoms with van der Waals surface area (Å²) in [5.74, 6) is -0.934. The largest absolute Gasteiger partial charge is 0.350 e. The van der Waals surface area contributed by atoms with Crippen LogP contribution in [0.1, 0.15) is 26.0 Å². The predicted octanol–water partition coefficient (Wildman–Crippen LogP) is 4.79. The Labute approximate surface area is 171 Å². The highest BCUT2D eigenvalue weighted by atomic mass is 35.5. The lowest BCUT2D eigenvalue weighted by molar-refractivity contribution is 0.0954. The van der Waals surface area contributed by atoms with Gasteiger partial charge in [-0.25, -0.2) is 12.8 Å². The maximum atomic E-state index is 13.6. The number of amides is 1. The number of hydrogen-bond acceptors (Lipinski definition) is 4. The van der Waals surface area contributed by atoms with Crippen molar-refractivity contribution in [3.8, 4) is 0 Å². The number of thiophene rings is 1. The Morgan fingerprint density at radius 1 is 1.18 bits per heavy atom. The van der Waals surface area contributed by atoms with Crippen molar-refractivity contribution in [1.29, 1.82) is 0 Å². The van der Waals surface area contributed by atoms with Crippen LogP contribution in [0.2, 0.25) is 5.02 Å². The molecular formula is C20H17ClFNO3S2. The average molecular weight is 438 g/mol. The van der Waals surface area contributed by atoms with E-state index in [9.17, 15) is 17.6 Å². The van der Waals surface area contributed by atoms with Crippen LogP contribution in [-0.4, -0.2) is 20.9 Å². The maximum absolute atomic E-state index is 13.6. The Hall–Kier alpha value is -2.22. The van der Waals surface area contributed by atoms with Crippen LogP contribution >= 0.6 is 22.9 Å². The van der Waals surface area contributed by atoms with Gasteiger partial charge in [0.25, 0.3) is 5.91 Å². The summed E-state index contributed by atoms with van der Waals surface area (Å²) in [6, 6.07) is 13.7. The maximum Gasteiger partial charge on any atom is 0.252 e. The summed E-state index contributed by atoms with van der Waals surface area (Å²) in [5, 5.41) is 3.71. The molecule has 0 fully saturated rings. The zero-order valence-corrected chi connectivity index (χ0v) is 17.2. The monoisotopic (exact) mass is 437 g/mol. The Balaban J connectivity index is 1.91. The van der Waals surface area contributed by atoms with Crippen LogP contribution in [0.5, 0.6) is 0 Å². The molecule has 4 nitrogen and oxygen atoms in total. The Morgan fingerprint density at radius 3 is 2.57 bits per heavy atom. The fraction of sp³-hybridized carbons (Fsp3) is 0.150. The molecule has 2 aromatic carbocycles. The molecule has 1 N–H and O–H groups in total. The molecule has 1 unspecified atom stereocenters. The molecule has 0 spiro atoms. The van der Waals surface area contributed by atoms with E-state index in [4.69, 9.17) is 11.6 Å². The van der Waals surface area contributed by atoms with Crippen molar-refractivity contribution < 1.29 is 17.6 Å². The lowest BCUT2D eigenvalue weighted by atomic mass is 10.2. The van der Waals surface area contributed by atoms with Gasteiger partial charge in [0.15, 0.2) is 9.84 Å². The van der Waals surface area contributed by atoms with Crippen LogP contribution in [0.25, 0.3) is 0 Å². The molecule has 0 radical (unpaired) electrons. The summed E-state index contributed by atoms with van der Waals surface area (Å²) in [7, 11) is -3.86. The number of aryl methyl sites for hydroxylation is 1. The molecule has 1 heterocycles. The molecule has 1 amide bonds. The summed E-state index contributed by atoms with van der Waals surface area (Å²) < 4.78 is 40.0. The fourth-order valence-corrected chi connectivity index (χ4v) is 5.81. The molecular weight excluding hydrogens is 421 g/mol. The summed E-state index contributed by atoms with van der Waals surface area (Å²) in [6.45, 7) is 1.37. The van der Waals surface area contributed by atoms with Crippen molar-refractivity contribution in [2.75, 3.05) is 6.54 Å². The molecule has 0 bridgehead atoms. The van der Waals surface area contributed by atoms with Crippen LogP contribution in [-0.2, 0) is 9.84 Å². The van der Waals surface area contributed by atoms with Crippen molar-refractivity contribution in [3.63, 3.8) is 0 Å². The van der Waals surface area contributed by atoms with Gasteiger partial charge in [-0.2, -0.15) is 0 Å². The number of carbonyl (C=O) groups is 1. The summed E-state index contributed by atoms with van der Waals surface area (Å²) in [4.78, 5) is 13.1. The third kappa shape index (κ3) is 4.27. The van der Waals surface area contributed by atoms with E-state index in [0.29, 0.717) is 4.88 Å². The van der Waals surface area contributed by atoms with Gasteiger partial charge in [0.1, 0.15) is 11.1 Å². The lowest BCUT2D eigenvalue weighted by Crippen LogP contribution is -2.31. The predicted molar refractivity (Wildman–Crippen MR) is 109 cm³/mol. The van der Waals surface area contributed by atoms with E-state index in [2.05, 4.69) is 5.32 Å². The standard InChI is InChI=1S/C20H17ClFNO3S2/c1-13-11-14(8-9-17(13)22)28(25,26)19(18-7-4-10-27-18)12-23-20(24)15-5-2-3-6-16(15)21/h2-11,19H,12H2,1H3,(H,23,24). The molecule has 0 saturated heterocycles. The molecule has 0 aliphatic heterocycles. The number of hydrogen-bond donors (Lipinski definition) is 1. The number of sulfone groups is 1. The van der Waals surface area contributed by atoms with Crippen LogP contribution in [0, 0.1) is 12.7 Å². The van der Waals surface area contributed by atoms with Gasteiger partial charge in [0.05, 0.1) is 15.5 Å². The van der Waals surface area contributed by atoms with Gasteiger partial charge >= 0.3 is 0 Å². The van der Waals surface area contributed by atoms with Gasteiger partial charge in [-0.05, 0) is 54.3 Å². The second-order valence-electron chi connectivity index (χ2n) is 6.15. The Kier molecular flexibility index (Phi) is 6.17. The van der Waals surface area contributed by atoms with E-state index in [1.165, 1.54) is 30.4 Å². The minimum atomic E-state index is -3.86. The SMILES string of the molecule is Cc1cc(S(=O)(=O)C(CNC(=O)c2ccccc2Cl)c2cccs2)ccc1F. The van der Waals surface area contributed by atoms with E-state index in [0.717, 1.165) is 6.07 Å². The van der Waals surface area contributed by atoms with E-state index >= 15 is 0 Å². The Bertz CT molecular complexity index is 1100. The van der Waals surface area contributed by atoms with Crippen LogP contribution in [0.15, 0.2) is 64.9 Å². The smallest absolute Gasteiger partial charge is 0.252 e. The first kappa shape index (κ1) is 20.5. The van der Waals surface area contributed by atoms with E-state index in [1.54, 1.807) is 41.8 Å². The first-order valence-electron chi connectivity index (χ1n) is 8.37. The van der Waals surface area contributed by atoms with Crippen molar-refractivity contribution in [2.45, 2.75) is 17.1 Å². The summed E-state index contributed by atoms with van der Waals surface area (Å²) in [5.41, 5.74) is 0.509. The molecule has 0 saturated carbocycles. The highest BCUT2D eigenvalue weighted by Gasteiger charge is 2.31. The highest BCUT2D eigenvalue weighted by molar-refractivity contribution is 7.91. The summed E-state index contributed by atoms with van der Waals surface area (Å²) in [6.07, 6.45) is 0. The highest BCUT2D eigenvalue weighted by Crippen LogP contribution is 2.32. The van der Waals surface area contributed by atoms with Crippen molar-refractivity contribution in [3.05, 3.63) is 86.8 Å². The molecule has 146 valence electrons. The zero-order valence-electron chi connectivity index (χ0n) is 14.9. The number of carbonyl (C=O) groups excluding carboxylic acids is 1. The number of nitrogens with one attached hydrogen (secondary N) is 1. The first-order valence-corrected chi connectivity index (χ1v) is 11.2. The van der Waals surface area contributed by atoms with Gasteiger partial charge in [-0.1, -0.05) is 29.8 Å². The van der Waals surface area contributed by atoms with Crippen molar-refractivity contribution in [2.24, 2.45) is 0 Å². The number of rotatable bonds is 6. The second kappa shape index (κ2) is 8.43. The van der Waals surface area contributed by atoms with Gasteiger partial charge in [0, 0.05) is 11.4 Å². The molecule has 3 rings (SSSR count). The molecule has 28 heavy (non-hydrogen) atoms. The lowest BCUT2D eigenvalue weighted by Gasteiger charge is -2.18. The second-order valence-corrected chi connectivity index (χ2v) is 9.67. The van der Waals surface area contributed by atoms with Crippen LogP contribution < -0.4 is 5.32 Å². The van der Waals surface area contributed by atoms with Gasteiger partial charge < -0.3 is 5.32 Å². The average Bonchev–Trinajstić information content (AvgIpc) is 3.18. The Morgan fingerprint density at radius 2 is 1.93 bits per heavy atom. The van der Waals surface area contributed by atoms with Crippen molar-refractivity contribution >= 4 is 38.7 Å². The fourth-order valence-electron chi connectivity index (χ4n) is 2.72. The molecule has 8 heteroatoms. The van der Waals surface area contributed by atoms with E-state index in [-0.39, 0.29) is 27.6 Å². The van der Waals surface area contributed by atoms with E-state index in [1.807, 2.05) is 0 Å². The third-order valence-electron chi connectivity index (χ3n) is 4.26. The summed E-state index contributed by atoms with van der Waals surface area (Å²) >= 11 is 7.32. The van der Waals surface area contributed by atoms with Gasteiger partial charge in [-0.3, -0.25) is 4.79 Å². The van der Waals surface area contributed by atoms with Crippen molar-refractivity contribution in [1.82, 2.24) is 5.32 Å². The van der Waals surface area contributed by atoms with Gasteiger partial charge in [-0.15, -0.1) is 11.3 Å². The van der Waals surface area contributed by atoms with E-state index < -0.39 is 26.8 Å². The van der Waals surface area contributed by atoms with Crippen LogP contribution in [0.3, 0.4) is 0 Å².